The first-order valence-corrected chi connectivity index (χ1v) is 6.25. The lowest BCUT2D eigenvalue weighted by Gasteiger charge is -2.04. The molecule has 0 saturated carbocycles. The van der Waals surface area contributed by atoms with E-state index in [1.165, 1.54) is 0 Å². The van der Waals surface area contributed by atoms with Crippen LogP contribution in [0.3, 0.4) is 0 Å². The minimum atomic E-state index is -4.37. The molecule has 2 aromatic rings. The predicted octanol–water partition coefficient (Wildman–Crippen LogP) is 3.41. The molecule has 0 spiro atoms. The third-order valence-corrected chi connectivity index (χ3v) is 2.51. The van der Waals surface area contributed by atoms with E-state index in [4.69, 9.17) is 16.1 Å². The molecule has 0 amide bonds. The number of hydrogen-bond donors (Lipinski definition) is 1. The first-order valence-electron chi connectivity index (χ1n) is 5.88. The Balaban J connectivity index is 1.80. The third kappa shape index (κ3) is 5.60. The second-order valence-electron chi connectivity index (χ2n) is 4.08. The number of halogens is 4. The summed E-state index contributed by atoms with van der Waals surface area (Å²) in [5.41, 5.74) is 0.760. The second kappa shape index (κ2) is 6.77. The Kier molecular flexibility index (Phi) is 5.03. The van der Waals surface area contributed by atoms with Gasteiger partial charge in [-0.15, -0.1) is 0 Å². The summed E-state index contributed by atoms with van der Waals surface area (Å²) < 4.78 is 45.0. The van der Waals surface area contributed by atoms with Gasteiger partial charge in [-0.25, -0.2) is 0 Å². The zero-order chi connectivity index (χ0) is 15.3. The fourth-order valence-corrected chi connectivity index (χ4v) is 1.65. The normalized spacial score (nSPS) is 11.6. The van der Waals surface area contributed by atoms with E-state index in [1.807, 2.05) is 0 Å². The van der Waals surface area contributed by atoms with E-state index in [2.05, 4.69) is 20.2 Å². The average Bonchev–Trinajstić information content (AvgIpc) is 2.83. The van der Waals surface area contributed by atoms with Crippen LogP contribution in [0.4, 0.5) is 18.9 Å². The molecule has 1 aromatic carbocycles. The first-order chi connectivity index (χ1) is 9.92. The number of alkyl halides is 3. The van der Waals surface area contributed by atoms with Crippen LogP contribution in [-0.2, 0) is 17.9 Å². The van der Waals surface area contributed by atoms with E-state index in [1.54, 1.807) is 24.3 Å². The van der Waals surface area contributed by atoms with Crippen molar-refractivity contribution in [1.29, 1.82) is 0 Å². The van der Waals surface area contributed by atoms with Crippen molar-refractivity contribution in [3.8, 4) is 0 Å². The molecule has 0 unspecified atom stereocenters. The van der Waals surface area contributed by atoms with Crippen LogP contribution in [-0.4, -0.2) is 22.9 Å². The van der Waals surface area contributed by atoms with E-state index in [-0.39, 0.29) is 24.9 Å². The van der Waals surface area contributed by atoms with Gasteiger partial charge in [0, 0.05) is 10.7 Å². The summed E-state index contributed by atoms with van der Waals surface area (Å²) in [6.45, 7) is -1.48. The lowest BCUT2D eigenvalue weighted by Crippen LogP contribution is -2.17. The van der Waals surface area contributed by atoms with Crippen LogP contribution >= 0.6 is 11.6 Å². The summed E-state index contributed by atoms with van der Waals surface area (Å²) in [4.78, 5) is 3.90. The molecule has 21 heavy (non-hydrogen) atoms. The van der Waals surface area contributed by atoms with Crippen LogP contribution in [0, 0.1) is 0 Å². The maximum atomic E-state index is 11.9. The summed E-state index contributed by atoms with van der Waals surface area (Å²) in [5.74, 6) is 0.294. The van der Waals surface area contributed by atoms with Gasteiger partial charge in [-0.2, -0.15) is 18.2 Å². The lowest BCUT2D eigenvalue weighted by atomic mass is 10.3. The van der Waals surface area contributed by atoms with Crippen molar-refractivity contribution in [2.24, 2.45) is 0 Å². The Hall–Kier alpha value is -1.80. The molecule has 0 aliphatic rings. The van der Waals surface area contributed by atoms with Crippen LogP contribution in [0.2, 0.25) is 5.02 Å². The zero-order valence-corrected chi connectivity index (χ0v) is 11.4. The molecule has 5 nitrogen and oxygen atoms in total. The fourth-order valence-electron chi connectivity index (χ4n) is 1.45. The van der Waals surface area contributed by atoms with Gasteiger partial charge in [-0.05, 0) is 18.2 Å². The van der Waals surface area contributed by atoms with Gasteiger partial charge in [-0.1, -0.05) is 22.8 Å². The van der Waals surface area contributed by atoms with Gasteiger partial charge in [0.25, 0.3) is 0 Å². The highest BCUT2D eigenvalue weighted by molar-refractivity contribution is 6.30. The van der Waals surface area contributed by atoms with Gasteiger partial charge in [0.15, 0.2) is 5.82 Å². The Bertz CT molecular complexity index is 589. The number of anilines is 1. The molecule has 1 N–H and O–H groups in total. The Morgan fingerprint density at radius 2 is 2.14 bits per heavy atom. The molecular formula is C12H11ClF3N3O2. The number of aromatic nitrogens is 2. The lowest BCUT2D eigenvalue weighted by molar-refractivity contribution is -0.177. The third-order valence-electron chi connectivity index (χ3n) is 2.28. The van der Waals surface area contributed by atoms with Gasteiger partial charge in [0.2, 0.25) is 5.89 Å². The maximum absolute atomic E-state index is 11.9. The van der Waals surface area contributed by atoms with Gasteiger partial charge >= 0.3 is 6.18 Å². The van der Waals surface area contributed by atoms with Crippen molar-refractivity contribution >= 4 is 17.3 Å². The SMILES string of the molecule is FC(F)(F)COCc1noc(CNc2cccc(Cl)c2)n1. The van der Waals surface area contributed by atoms with Crippen molar-refractivity contribution in [2.45, 2.75) is 19.3 Å². The number of ether oxygens (including phenoxy) is 1. The highest BCUT2D eigenvalue weighted by Crippen LogP contribution is 2.16. The maximum Gasteiger partial charge on any atom is 0.411 e. The molecule has 1 aromatic heterocycles. The van der Waals surface area contributed by atoms with Crippen LogP contribution in [0.1, 0.15) is 11.7 Å². The predicted molar refractivity (Wildman–Crippen MR) is 68.8 cm³/mol. The molecule has 114 valence electrons. The number of benzene rings is 1. The van der Waals surface area contributed by atoms with Crippen LogP contribution in [0.25, 0.3) is 0 Å². The monoisotopic (exact) mass is 321 g/mol. The quantitative estimate of drug-likeness (QED) is 0.883. The van der Waals surface area contributed by atoms with E-state index in [9.17, 15) is 13.2 Å². The second-order valence-corrected chi connectivity index (χ2v) is 4.51. The van der Waals surface area contributed by atoms with E-state index in [0.717, 1.165) is 5.69 Å². The molecule has 1 heterocycles. The molecule has 0 radical (unpaired) electrons. The molecule has 0 fully saturated rings. The Labute approximate surface area is 123 Å². The van der Waals surface area contributed by atoms with Crippen molar-refractivity contribution in [3.05, 3.63) is 41.0 Å². The molecule has 0 bridgehead atoms. The molecule has 0 atom stereocenters. The number of hydrogen-bond acceptors (Lipinski definition) is 5. The number of rotatable bonds is 6. The molecule has 0 aliphatic carbocycles. The minimum absolute atomic E-state index is 0.0575. The van der Waals surface area contributed by atoms with Crippen LogP contribution < -0.4 is 5.32 Å². The molecule has 0 saturated heterocycles. The molecular weight excluding hydrogens is 311 g/mol. The standard InChI is InChI=1S/C12H11ClF3N3O2/c13-8-2-1-3-9(4-8)17-5-11-18-10(19-21-11)6-20-7-12(14,15)16/h1-4,17H,5-7H2. The van der Waals surface area contributed by atoms with Gasteiger partial charge < -0.3 is 14.6 Å². The Morgan fingerprint density at radius 3 is 2.86 bits per heavy atom. The summed E-state index contributed by atoms with van der Waals surface area (Å²) >= 11 is 5.82. The van der Waals surface area contributed by atoms with Gasteiger partial charge in [0.05, 0.1) is 6.54 Å². The van der Waals surface area contributed by atoms with Crippen molar-refractivity contribution in [3.63, 3.8) is 0 Å². The van der Waals surface area contributed by atoms with Gasteiger partial charge in [-0.3, -0.25) is 0 Å². The van der Waals surface area contributed by atoms with Crippen LogP contribution in [0.15, 0.2) is 28.8 Å². The Morgan fingerprint density at radius 1 is 1.33 bits per heavy atom. The minimum Gasteiger partial charge on any atom is -0.376 e. The number of nitrogens with zero attached hydrogens (tertiary/aromatic N) is 2. The van der Waals surface area contributed by atoms with E-state index in [0.29, 0.717) is 5.02 Å². The molecule has 0 aliphatic heterocycles. The summed E-state index contributed by atoms with van der Waals surface area (Å²) in [6.07, 6.45) is -4.37. The smallest absolute Gasteiger partial charge is 0.376 e. The van der Waals surface area contributed by atoms with Crippen molar-refractivity contribution in [2.75, 3.05) is 11.9 Å². The zero-order valence-electron chi connectivity index (χ0n) is 10.7. The highest BCUT2D eigenvalue weighted by atomic mass is 35.5. The number of nitrogens with one attached hydrogen (secondary N) is 1. The van der Waals surface area contributed by atoms with Gasteiger partial charge in [0.1, 0.15) is 13.2 Å². The highest BCUT2D eigenvalue weighted by Gasteiger charge is 2.27. The first kappa shape index (κ1) is 15.6. The average molecular weight is 322 g/mol. The topological polar surface area (TPSA) is 60.2 Å². The van der Waals surface area contributed by atoms with Crippen LogP contribution in [0.5, 0.6) is 0 Å². The van der Waals surface area contributed by atoms with E-state index >= 15 is 0 Å². The van der Waals surface area contributed by atoms with Crippen molar-refractivity contribution in [1.82, 2.24) is 10.1 Å². The molecule has 9 heteroatoms. The summed E-state index contributed by atoms with van der Waals surface area (Å²) in [6, 6.07) is 7.02. The fraction of sp³-hybridized carbons (Fsp3) is 0.333. The van der Waals surface area contributed by atoms with E-state index < -0.39 is 12.8 Å². The molecule has 2 rings (SSSR count). The summed E-state index contributed by atoms with van der Waals surface area (Å²) in [7, 11) is 0. The van der Waals surface area contributed by atoms with Crippen molar-refractivity contribution < 1.29 is 22.4 Å². The largest absolute Gasteiger partial charge is 0.411 e. The summed E-state index contributed by atoms with van der Waals surface area (Å²) in [5, 5.41) is 7.09.